The topological polar surface area (TPSA) is 177 Å². The summed E-state index contributed by atoms with van der Waals surface area (Å²) in [6.07, 6.45) is -9.99. The van der Waals surface area contributed by atoms with Crippen LogP contribution >= 0.6 is 0 Å². The highest BCUT2D eigenvalue weighted by atomic mass is 19.4. The molecule has 1 aliphatic heterocycles. The lowest BCUT2D eigenvalue weighted by atomic mass is 9.98. The van der Waals surface area contributed by atoms with Crippen molar-refractivity contribution in [2.45, 2.75) is 44.1 Å². The van der Waals surface area contributed by atoms with E-state index in [1.807, 2.05) is 0 Å². The molecular weight excluding hydrogens is 523 g/mol. The number of ether oxygens (including phenoxy) is 3. The predicted octanol–water partition coefficient (Wildman–Crippen LogP) is 3.07. The zero-order valence-corrected chi connectivity index (χ0v) is 19.2. The van der Waals surface area contributed by atoms with Gasteiger partial charge in [-0.3, -0.25) is 25.0 Å². The summed E-state index contributed by atoms with van der Waals surface area (Å²) in [6.45, 7) is 1.30. The maximum Gasteiger partial charge on any atom is 0.471 e. The van der Waals surface area contributed by atoms with E-state index >= 15 is 0 Å². The van der Waals surface area contributed by atoms with Gasteiger partial charge in [0.1, 0.15) is 6.10 Å². The molecule has 202 valence electrons. The highest BCUT2D eigenvalue weighted by Gasteiger charge is 2.46. The van der Waals surface area contributed by atoms with Crippen molar-refractivity contribution in [3.63, 3.8) is 0 Å². The van der Waals surface area contributed by atoms with Gasteiger partial charge in [-0.25, -0.2) is 9.59 Å². The summed E-state index contributed by atoms with van der Waals surface area (Å²) in [5.41, 5.74) is -0.884. The van der Waals surface area contributed by atoms with Gasteiger partial charge >= 0.3 is 24.0 Å². The number of carbonyl (C=O) groups excluding carboxylic acids is 3. The largest absolute Gasteiger partial charge is 0.471 e. The molecule has 1 amide bonds. The number of amides is 1. The van der Waals surface area contributed by atoms with Gasteiger partial charge in [0, 0.05) is 30.7 Å². The van der Waals surface area contributed by atoms with E-state index in [2.05, 4.69) is 0 Å². The van der Waals surface area contributed by atoms with Crippen LogP contribution < -0.4 is 5.32 Å². The molecule has 1 saturated heterocycles. The molecule has 16 heteroatoms. The molecule has 1 N–H and O–H groups in total. The van der Waals surface area contributed by atoms with Crippen LogP contribution in [0.25, 0.3) is 0 Å². The third-order valence-corrected chi connectivity index (χ3v) is 5.36. The number of carbonyl (C=O) groups is 3. The Kier molecular flexibility index (Phi) is 8.25. The summed E-state index contributed by atoms with van der Waals surface area (Å²) >= 11 is 0. The Balaban J connectivity index is 1.76. The van der Waals surface area contributed by atoms with Crippen molar-refractivity contribution in [2.24, 2.45) is 0 Å². The summed E-state index contributed by atoms with van der Waals surface area (Å²) in [5.74, 6) is -4.42. The zero-order chi connectivity index (χ0) is 28.2. The van der Waals surface area contributed by atoms with Gasteiger partial charge in [-0.15, -0.1) is 0 Å². The highest BCUT2D eigenvalue weighted by molar-refractivity contribution is 5.90. The SMILES string of the molecule is C[C@@H]1O[C@H](OC(=O)c2ccc([N+](=O)[O-])cc2)C[C@H](NC(=O)C(F)(F)F)[C@@H]1OC(=O)c1ccc([N+](=O)[O-])cc1. The van der Waals surface area contributed by atoms with Crippen LogP contribution in [0.5, 0.6) is 0 Å². The Bertz CT molecular complexity index is 1230. The second-order valence-electron chi connectivity index (χ2n) is 7.97. The first-order valence-electron chi connectivity index (χ1n) is 10.7. The van der Waals surface area contributed by atoms with Crippen molar-refractivity contribution in [1.82, 2.24) is 5.32 Å². The molecule has 13 nitrogen and oxygen atoms in total. The van der Waals surface area contributed by atoms with Gasteiger partial charge < -0.3 is 19.5 Å². The molecule has 2 aromatic rings. The summed E-state index contributed by atoms with van der Waals surface area (Å²) in [7, 11) is 0. The van der Waals surface area contributed by atoms with Gasteiger partial charge in [0.15, 0.2) is 0 Å². The van der Waals surface area contributed by atoms with E-state index in [1.165, 1.54) is 6.92 Å². The maximum atomic E-state index is 12.9. The number of hydrogen-bond acceptors (Lipinski definition) is 10. The summed E-state index contributed by atoms with van der Waals surface area (Å²) < 4.78 is 54.7. The lowest BCUT2D eigenvalue weighted by Gasteiger charge is -2.39. The van der Waals surface area contributed by atoms with Gasteiger partial charge in [0.25, 0.3) is 11.4 Å². The standard InChI is InChI=1S/C22H18F3N3O10/c1-11-18(38-20(30)13-4-8-15(9-5-13)28(34)35)16(26-21(31)22(23,24)25)10-17(36-11)37-19(29)12-2-6-14(7-3-12)27(32)33/h2-9,11,16-18H,10H2,1H3,(H,26,31)/t11-,16-,17+,18+/m0/s1. The number of nitro groups is 2. The molecule has 38 heavy (non-hydrogen) atoms. The third-order valence-electron chi connectivity index (χ3n) is 5.36. The smallest absolute Gasteiger partial charge is 0.454 e. The molecule has 1 fully saturated rings. The van der Waals surface area contributed by atoms with Gasteiger partial charge in [0.2, 0.25) is 6.29 Å². The number of alkyl halides is 3. The number of nitro benzene ring substituents is 2. The molecule has 0 radical (unpaired) electrons. The van der Waals surface area contributed by atoms with E-state index in [0.717, 1.165) is 48.5 Å². The average Bonchev–Trinajstić information content (AvgIpc) is 2.85. The molecule has 0 aliphatic carbocycles. The number of halogens is 3. The van der Waals surface area contributed by atoms with E-state index < -0.39 is 64.8 Å². The van der Waals surface area contributed by atoms with Crippen molar-refractivity contribution >= 4 is 29.2 Å². The maximum absolute atomic E-state index is 12.9. The highest BCUT2D eigenvalue weighted by Crippen LogP contribution is 2.27. The lowest BCUT2D eigenvalue weighted by molar-refractivity contribution is -0.385. The normalized spacial score (nSPS) is 21.2. The van der Waals surface area contributed by atoms with Gasteiger partial charge in [0.05, 0.1) is 33.1 Å². The van der Waals surface area contributed by atoms with Gasteiger partial charge in [-0.05, 0) is 31.2 Å². The average molecular weight is 541 g/mol. The first-order chi connectivity index (χ1) is 17.8. The number of non-ortho nitro benzene ring substituents is 2. The van der Waals surface area contributed by atoms with Crippen molar-refractivity contribution in [3.8, 4) is 0 Å². The van der Waals surface area contributed by atoms with Crippen molar-refractivity contribution < 1.29 is 51.6 Å². The lowest BCUT2D eigenvalue weighted by Crippen LogP contribution is -2.58. The monoisotopic (exact) mass is 541 g/mol. The molecule has 4 atom stereocenters. The molecule has 2 aromatic carbocycles. The van der Waals surface area contributed by atoms with Crippen molar-refractivity contribution in [3.05, 3.63) is 79.9 Å². The summed E-state index contributed by atoms with van der Waals surface area (Å²) in [5, 5.41) is 23.3. The molecule has 1 heterocycles. The fourth-order valence-corrected chi connectivity index (χ4v) is 3.50. The Morgan fingerprint density at radius 1 is 0.895 bits per heavy atom. The molecule has 0 saturated carbocycles. The molecule has 3 rings (SSSR count). The Hall–Kier alpha value is -4.60. The van der Waals surface area contributed by atoms with Crippen LogP contribution in [0.4, 0.5) is 24.5 Å². The number of benzene rings is 2. The molecular formula is C22H18F3N3O10. The zero-order valence-electron chi connectivity index (χ0n) is 19.2. The summed E-state index contributed by atoms with van der Waals surface area (Å²) in [6, 6.07) is 6.96. The number of esters is 2. The van der Waals surface area contributed by atoms with Crippen molar-refractivity contribution in [1.29, 1.82) is 0 Å². The Morgan fingerprint density at radius 2 is 1.34 bits per heavy atom. The molecule has 0 spiro atoms. The van der Waals surface area contributed by atoms with Crippen LogP contribution in [0.15, 0.2) is 48.5 Å². The van der Waals surface area contributed by atoms with E-state index in [-0.39, 0.29) is 22.5 Å². The number of hydrogen-bond donors (Lipinski definition) is 1. The Labute approximate surface area is 210 Å². The molecule has 0 bridgehead atoms. The van der Waals surface area contributed by atoms with E-state index in [1.54, 1.807) is 5.32 Å². The van der Waals surface area contributed by atoms with Crippen LogP contribution in [0.2, 0.25) is 0 Å². The first kappa shape index (κ1) is 28.0. The van der Waals surface area contributed by atoms with Gasteiger partial charge in [-0.2, -0.15) is 13.2 Å². The third kappa shape index (κ3) is 6.78. The number of nitrogens with zero attached hydrogens (tertiary/aromatic N) is 2. The van der Waals surface area contributed by atoms with Crippen LogP contribution in [-0.4, -0.2) is 58.4 Å². The fraction of sp³-hybridized carbons (Fsp3) is 0.318. The molecule has 0 unspecified atom stereocenters. The second kappa shape index (κ2) is 11.2. The minimum atomic E-state index is -5.28. The van der Waals surface area contributed by atoms with E-state index in [9.17, 15) is 47.8 Å². The molecule has 1 aliphatic rings. The Morgan fingerprint density at radius 3 is 1.76 bits per heavy atom. The minimum absolute atomic E-state index is 0.116. The quantitative estimate of drug-likeness (QED) is 0.311. The summed E-state index contributed by atoms with van der Waals surface area (Å²) in [4.78, 5) is 56.8. The minimum Gasteiger partial charge on any atom is -0.454 e. The van der Waals surface area contributed by atoms with Crippen LogP contribution in [0.3, 0.4) is 0 Å². The molecule has 0 aromatic heterocycles. The predicted molar refractivity (Wildman–Crippen MR) is 118 cm³/mol. The first-order valence-corrected chi connectivity index (χ1v) is 10.7. The van der Waals surface area contributed by atoms with Crippen molar-refractivity contribution in [2.75, 3.05) is 0 Å². The van der Waals surface area contributed by atoms with Crippen LogP contribution in [0, 0.1) is 20.2 Å². The second-order valence-corrected chi connectivity index (χ2v) is 7.97. The van der Waals surface area contributed by atoms with Gasteiger partial charge in [-0.1, -0.05) is 0 Å². The van der Waals surface area contributed by atoms with E-state index in [0.29, 0.717) is 0 Å². The number of nitrogens with one attached hydrogen (secondary N) is 1. The number of rotatable bonds is 7. The fourth-order valence-electron chi connectivity index (χ4n) is 3.50. The van der Waals surface area contributed by atoms with Crippen LogP contribution in [-0.2, 0) is 19.0 Å². The van der Waals surface area contributed by atoms with Crippen LogP contribution in [0.1, 0.15) is 34.1 Å². The van der Waals surface area contributed by atoms with E-state index in [4.69, 9.17) is 14.2 Å².